The van der Waals surface area contributed by atoms with Crippen molar-refractivity contribution < 1.29 is 28.8 Å². The van der Waals surface area contributed by atoms with Gasteiger partial charge in [-0.3, -0.25) is 9.69 Å². The molecule has 7 heteroatoms. The number of ether oxygens (including phenoxy) is 4. The van der Waals surface area contributed by atoms with Crippen LogP contribution in [0.4, 0.5) is 0 Å². The molecular weight excluding hydrogens is 218 g/mol. The first kappa shape index (κ1) is 13.3. The Morgan fingerprint density at radius 3 is 3.00 bits per heavy atom. The third kappa shape index (κ3) is 6.70. The molecule has 94 valence electrons. The highest BCUT2D eigenvalue weighted by Crippen LogP contribution is 2.09. The van der Waals surface area contributed by atoms with E-state index < -0.39 is 5.97 Å². The van der Waals surface area contributed by atoms with Crippen LogP contribution in [0.25, 0.3) is 0 Å². The number of epoxide rings is 1. The maximum absolute atomic E-state index is 11.1. The fourth-order valence-corrected chi connectivity index (χ4v) is 0.924. The third-order valence-corrected chi connectivity index (χ3v) is 1.71. The van der Waals surface area contributed by atoms with Gasteiger partial charge in [-0.25, -0.2) is 0 Å². The number of aliphatic hydroxyl groups is 1. The SMILES string of the molecule is CN(COCOC1CO1)CC(=O)OCCO. The highest BCUT2D eigenvalue weighted by molar-refractivity contribution is 5.71. The van der Waals surface area contributed by atoms with Gasteiger partial charge in [-0.1, -0.05) is 0 Å². The van der Waals surface area contributed by atoms with Gasteiger partial charge in [0.05, 0.1) is 13.2 Å². The maximum Gasteiger partial charge on any atom is 0.320 e. The first-order chi connectivity index (χ1) is 7.72. The lowest BCUT2D eigenvalue weighted by Gasteiger charge is -2.15. The van der Waals surface area contributed by atoms with Crippen molar-refractivity contribution in [1.29, 1.82) is 0 Å². The molecular formula is C9H17NO6. The predicted octanol–water partition coefficient (Wildman–Crippen LogP) is -1.24. The summed E-state index contributed by atoms with van der Waals surface area (Å²) in [4.78, 5) is 12.7. The van der Waals surface area contributed by atoms with E-state index in [0.717, 1.165) is 0 Å². The molecule has 0 radical (unpaired) electrons. The zero-order valence-corrected chi connectivity index (χ0v) is 9.26. The van der Waals surface area contributed by atoms with Crippen molar-refractivity contribution in [2.45, 2.75) is 6.29 Å². The van der Waals surface area contributed by atoms with E-state index in [4.69, 9.17) is 19.3 Å². The van der Waals surface area contributed by atoms with Gasteiger partial charge in [0, 0.05) is 0 Å². The van der Waals surface area contributed by atoms with Gasteiger partial charge < -0.3 is 24.1 Å². The van der Waals surface area contributed by atoms with Crippen molar-refractivity contribution in [3.05, 3.63) is 0 Å². The molecule has 1 saturated heterocycles. The second kappa shape index (κ2) is 7.53. The standard InChI is InChI=1S/C9H17NO6/c1-10(4-8(12)14-3-2-11)6-13-7-16-9-5-15-9/h9,11H,2-7H2,1H3. The first-order valence-corrected chi connectivity index (χ1v) is 4.98. The van der Waals surface area contributed by atoms with Crippen LogP contribution < -0.4 is 0 Å². The highest BCUT2D eigenvalue weighted by atomic mass is 16.8. The molecule has 1 N–H and O–H groups in total. The minimum Gasteiger partial charge on any atom is -0.462 e. The molecule has 1 heterocycles. The van der Waals surface area contributed by atoms with Gasteiger partial charge in [0.15, 0.2) is 13.1 Å². The van der Waals surface area contributed by atoms with Crippen LogP contribution in [0.15, 0.2) is 0 Å². The van der Waals surface area contributed by atoms with Gasteiger partial charge in [-0.15, -0.1) is 0 Å². The van der Waals surface area contributed by atoms with Crippen LogP contribution in [0, 0.1) is 0 Å². The molecule has 7 nitrogen and oxygen atoms in total. The number of nitrogens with zero attached hydrogens (tertiary/aromatic N) is 1. The molecule has 1 aliphatic heterocycles. The summed E-state index contributed by atoms with van der Waals surface area (Å²) < 4.78 is 19.7. The van der Waals surface area contributed by atoms with E-state index in [1.54, 1.807) is 11.9 Å². The number of hydrogen-bond donors (Lipinski definition) is 1. The van der Waals surface area contributed by atoms with Crippen molar-refractivity contribution in [3.63, 3.8) is 0 Å². The summed E-state index contributed by atoms with van der Waals surface area (Å²) in [5.74, 6) is -0.397. The van der Waals surface area contributed by atoms with E-state index in [1.165, 1.54) is 0 Å². The lowest BCUT2D eigenvalue weighted by atomic mass is 10.6. The summed E-state index contributed by atoms with van der Waals surface area (Å²) in [5, 5.41) is 8.44. The van der Waals surface area contributed by atoms with Crippen molar-refractivity contribution in [2.75, 3.05) is 46.9 Å². The Hall–Kier alpha value is -0.730. The van der Waals surface area contributed by atoms with E-state index in [1.807, 2.05) is 0 Å². The molecule has 0 aromatic heterocycles. The summed E-state index contributed by atoms with van der Waals surface area (Å²) >= 11 is 0. The van der Waals surface area contributed by atoms with E-state index in [2.05, 4.69) is 4.74 Å². The normalized spacial score (nSPS) is 18.8. The highest BCUT2D eigenvalue weighted by Gasteiger charge is 2.22. The summed E-state index contributed by atoms with van der Waals surface area (Å²) in [6.45, 7) is 0.991. The Kier molecular flexibility index (Phi) is 6.27. The lowest BCUT2D eigenvalue weighted by Crippen LogP contribution is -2.30. The molecule has 0 aliphatic carbocycles. The molecule has 1 aliphatic rings. The molecule has 0 amide bonds. The van der Waals surface area contributed by atoms with Gasteiger partial charge >= 0.3 is 5.97 Å². The number of aliphatic hydroxyl groups excluding tert-OH is 1. The average Bonchev–Trinajstić information content (AvgIpc) is 3.05. The van der Waals surface area contributed by atoms with Crippen molar-refractivity contribution in [2.24, 2.45) is 0 Å². The van der Waals surface area contributed by atoms with Gasteiger partial charge in [0.1, 0.15) is 19.9 Å². The van der Waals surface area contributed by atoms with E-state index >= 15 is 0 Å². The number of carbonyl (C=O) groups is 1. The molecule has 1 rings (SSSR count). The second-order valence-electron chi connectivity index (χ2n) is 3.34. The molecule has 0 bridgehead atoms. The number of esters is 1. The van der Waals surface area contributed by atoms with Gasteiger partial charge in [0.2, 0.25) is 0 Å². The summed E-state index contributed by atoms with van der Waals surface area (Å²) in [5.41, 5.74) is 0. The third-order valence-electron chi connectivity index (χ3n) is 1.71. The van der Waals surface area contributed by atoms with Gasteiger partial charge in [0.25, 0.3) is 0 Å². The van der Waals surface area contributed by atoms with Crippen LogP contribution in [0.3, 0.4) is 0 Å². The zero-order valence-electron chi connectivity index (χ0n) is 9.26. The minimum atomic E-state index is -0.397. The predicted molar refractivity (Wildman–Crippen MR) is 52.3 cm³/mol. The molecule has 0 saturated carbocycles. The first-order valence-electron chi connectivity index (χ1n) is 4.98. The molecule has 1 atom stereocenters. The Morgan fingerprint density at radius 2 is 2.38 bits per heavy atom. The fourth-order valence-electron chi connectivity index (χ4n) is 0.924. The Labute approximate surface area is 93.8 Å². The van der Waals surface area contributed by atoms with Crippen molar-refractivity contribution >= 4 is 5.97 Å². The van der Waals surface area contributed by atoms with Crippen LogP contribution in [0.1, 0.15) is 0 Å². The quantitative estimate of drug-likeness (QED) is 0.232. The van der Waals surface area contributed by atoms with Crippen LogP contribution in [0.5, 0.6) is 0 Å². The second-order valence-corrected chi connectivity index (χ2v) is 3.34. The number of likely N-dealkylation sites (N-methyl/N-ethyl adjacent to an activating group) is 1. The average molecular weight is 235 g/mol. The summed E-state index contributed by atoms with van der Waals surface area (Å²) in [6.07, 6.45) is -0.125. The van der Waals surface area contributed by atoms with E-state index in [0.29, 0.717) is 6.61 Å². The number of hydrogen-bond acceptors (Lipinski definition) is 7. The Bertz CT molecular complexity index is 208. The van der Waals surface area contributed by atoms with Crippen molar-refractivity contribution in [3.8, 4) is 0 Å². The Balaban J connectivity index is 1.91. The van der Waals surface area contributed by atoms with Crippen LogP contribution in [-0.4, -0.2) is 69.2 Å². The molecule has 0 aromatic rings. The monoisotopic (exact) mass is 235 g/mol. The van der Waals surface area contributed by atoms with Gasteiger partial charge in [-0.2, -0.15) is 0 Å². The van der Waals surface area contributed by atoms with E-state index in [9.17, 15) is 4.79 Å². The largest absolute Gasteiger partial charge is 0.462 e. The number of carbonyl (C=O) groups excluding carboxylic acids is 1. The van der Waals surface area contributed by atoms with Crippen LogP contribution >= 0.6 is 0 Å². The smallest absolute Gasteiger partial charge is 0.320 e. The molecule has 0 spiro atoms. The van der Waals surface area contributed by atoms with Crippen LogP contribution in [0.2, 0.25) is 0 Å². The zero-order chi connectivity index (χ0) is 11.8. The van der Waals surface area contributed by atoms with E-state index in [-0.39, 0.29) is 39.6 Å². The van der Waals surface area contributed by atoms with Crippen molar-refractivity contribution in [1.82, 2.24) is 4.90 Å². The van der Waals surface area contributed by atoms with Gasteiger partial charge in [-0.05, 0) is 7.05 Å². The minimum absolute atomic E-state index is 0.0235. The maximum atomic E-state index is 11.1. The lowest BCUT2D eigenvalue weighted by molar-refractivity contribution is -0.150. The molecule has 1 fully saturated rings. The molecule has 1 unspecified atom stereocenters. The molecule has 0 aromatic carbocycles. The number of rotatable bonds is 9. The molecule has 16 heavy (non-hydrogen) atoms. The fraction of sp³-hybridized carbons (Fsp3) is 0.889. The topological polar surface area (TPSA) is 80.8 Å². The van der Waals surface area contributed by atoms with Crippen LogP contribution in [-0.2, 0) is 23.7 Å². The Morgan fingerprint density at radius 1 is 1.62 bits per heavy atom. The summed E-state index contributed by atoms with van der Waals surface area (Å²) in [6, 6.07) is 0. The summed E-state index contributed by atoms with van der Waals surface area (Å²) in [7, 11) is 1.72.